The summed E-state index contributed by atoms with van der Waals surface area (Å²) >= 11 is 0. The number of hydrogen-bond acceptors (Lipinski definition) is 4. The number of benzene rings is 1. The predicted octanol–water partition coefficient (Wildman–Crippen LogP) is 2.00. The molecule has 1 aromatic carbocycles. The van der Waals surface area contributed by atoms with Crippen LogP contribution in [-0.4, -0.2) is 26.0 Å². The Hall–Kier alpha value is -1.40. The molecule has 0 spiro atoms. The van der Waals surface area contributed by atoms with Crippen LogP contribution in [0.3, 0.4) is 0 Å². The van der Waals surface area contributed by atoms with Gasteiger partial charge in [-0.1, -0.05) is 18.2 Å². The topological polar surface area (TPSA) is 72.5 Å². The quantitative estimate of drug-likeness (QED) is 0.863. The second-order valence-electron chi connectivity index (χ2n) is 5.64. The molecule has 5 nitrogen and oxygen atoms in total. The molecule has 0 fully saturated rings. The summed E-state index contributed by atoms with van der Waals surface area (Å²) in [4.78, 5) is 12.0. The van der Waals surface area contributed by atoms with Gasteiger partial charge in [0.25, 0.3) is 0 Å². The van der Waals surface area contributed by atoms with Crippen molar-refractivity contribution < 1.29 is 17.9 Å². The summed E-state index contributed by atoms with van der Waals surface area (Å²) in [5, 5.41) is 0. The Morgan fingerprint density at radius 2 is 1.80 bits per heavy atom. The van der Waals surface area contributed by atoms with E-state index in [0.29, 0.717) is 5.56 Å². The third-order valence-corrected chi connectivity index (χ3v) is 4.18. The van der Waals surface area contributed by atoms with Crippen LogP contribution in [0.4, 0.5) is 0 Å². The zero-order valence-electron chi connectivity index (χ0n) is 12.4. The van der Waals surface area contributed by atoms with Crippen molar-refractivity contribution in [3.63, 3.8) is 0 Å². The van der Waals surface area contributed by atoms with Crippen LogP contribution in [-0.2, 0) is 19.6 Å². The van der Waals surface area contributed by atoms with Crippen LogP contribution in [0.25, 0.3) is 0 Å². The lowest BCUT2D eigenvalue weighted by Gasteiger charge is -2.22. The van der Waals surface area contributed by atoms with Crippen LogP contribution in [0, 0.1) is 6.92 Å². The minimum absolute atomic E-state index is 0.162. The molecule has 20 heavy (non-hydrogen) atoms. The van der Waals surface area contributed by atoms with Crippen LogP contribution in [0.2, 0.25) is 0 Å². The number of esters is 1. The van der Waals surface area contributed by atoms with Gasteiger partial charge in [0.2, 0.25) is 10.0 Å². The summed E-state index contributed by atoms with van der Waals surface area (Å²) in [6.07, 6.45) is 0. The van der Waals surface area contributed by atoms with Gasteiger partial charge in [-0.05, 0) is 46.2 Å². The number of hydrogen-bond donors (Lipinski definition) is 1. The lowest BCUT2D eigenvalue weighted by Crippen LogP contribution is -2.42. The zero-order valence-corrected chi connectivity index (χ0v) is 13.2. The van der Waals surface area contributed by atoms with Crippen LogP contribution in [0.5, 0.6) is 0 Å². The molecule has 0 radical (unpaired) electrons. The molecule has 6 heteroatoms. The zero-order chi connectivity index (χ0) is 15.6. The molecular formula is C14H21NO4S. The van der Waals surface area contributed by atoms with Crippen LogP contribution >= 0.6 is 0 Å². The molecule has 0 aliphatic rings. The maximum absolute atomic E-state index is 12.2. The Morgan fingerprint density at radius 1 is 1.25 bits per heavy atom. The minimum Gasteiger partial charge on any atom is -0.459 e. The number of carbonyl (C=O) groups excluding carboxylic acids is 1. The SMILES string of the molecule is Cc1ccccc1S(=O)(=O)N[C@H](C)C(=O)OC(C)(C)C. The van der Waals surface area contributed by atoms with Gasteiger partial charge >= 0.3 is 5.97 Å². The van der Waals surface area contributed by atoms with Crippen LogP contribution < -0.4 is 4.72 Å². The van der Waals surface area contributed by atoms with E-state index < -0.39 is 27.6 Å². The highest BCUT2D eigenvalue weighted by atomic mass is 32.2. The lowest BCUT2D eigenvalue weighted by molar-refractivity contribution is -0.156. The second-order valence-corrected chi connectivity index (χ2v) is 7.32. The molecule has 0 aliphatic heterocycles. The van der Waals surface area contributed by atoms with Crippen molar-refractivity contribution >= 4 is 16.0 Å². The van der Waals surface area contributed by atoms with Gasteiger partial charge in [-0.2, -0.15) is 4.72 Å². The molecular weight excluding hydrogens is 278 g/mol. The average Bonchev–Trinajstić information content (AvgIpc) is 2.26. The maximum atomic E-state index is 12.2. The number of ether oxygens (including phenoxy) is 1. The fourth-order valence-electron chi connectivity index (χ4n) is 1.59. The molecule has 1 atom stereocenters. The largest absolute Gasteiger partial charge is 0.459 e. The molecule has 0 saturated carbocycles. The molecule has 0 bridgehead atoms. The highest BCUT2D eigenvalue weighted by molar-refractivity contribution is 7.89. The van der Waals surface area contributed by atoms with E-state index in [0.717, 1.165) is 0 Å². The molecule has 0 unspecified atom stereocenters. The summed E-state index contributed by atoms with van der Waals surface area (Å²) < 4.78 is 31.9. The van der Waals surface area contributed by atoms with Crippen molar-refractivity contribution in [3.05, 3.63) is 29.8 Å². The van der Waals surface area contributed by atoms with E-state index in [1.165, 1.54) is 13.0 Å². The van der Waals surface area contributed by atoms with E-state index in [9.17, 15) is 13.2 Å². The summed E-state index contributed by atoms with van der Waals surface area (Å²) in [7, 11) is -3.74. The molecule has 1 N–H and O–H groups in total. The van der Waals surface area contributed by atoms with Crippen LogP contribution in [0.15, 0.2) is 29.2 Å². The van der Waals surface area contributed by atoms with Gasteiger partial charge in [-0.25, -0.2) is 8.42 Å². The molecule has 112 valence electrons. The van der Waals surface area contributed by atoms with E-state index in [1.807, 2.05) is 0 Å². The summed E-state index contributed by atoms with van der Waals surface area (Å²) in [5.74, 6) is -0.602. The van der Waals surface area contributed by atoms with E-state index in [2.05, 4.69) is 4.72 Å². The molecule has 0 aliphatic carbocycles. The van der Waals surface area contributed by atoms with Gasteiger partial charge in [0, 0.05) is 0 Å². The third kappa shape index (κ3) is 4.61. The van der Waals surface area contributed by atoms with Gasteiger partial charge < -0.3 is 4.74 Å². The van der Waals surface area contributed by atoms with E-state index in [-0.39, 0.29) is 4.90 Å². The van der Waals surface area contributed by atoms with Crippen LogP contribution in [0.1, 0.15) is 33.3 Å². The minimum atomic E-state index is -3.74. The Labute approximate surface area is 120 Å². The Bertz CT molecular complexity index is 587. The van der Waals surface area contributed by atoms with Crippen molar-refractivity contribution in [1.29, 1.82) is 0 Å². The van der Waals surface area contributed by atoms with Crippen molar-refractivity contribution in [1.82, 2.24) is 4.72 Å². The average molecular weight is 299 g/mol. The molecule has 0 aromatic heterocycles. The summed E-state index contributed by atoms with van der Waals surface area (Å²) in [5.41, 5.74) is -0.0317. The van der Waals surface area contributed by atoms with E-state index in [1.54, 1.807) is 45.9 Å². The predicted molar refractivity (Wildman–Crippen MR) is 76.8 cm³/mol. The Morgan fingerprint density at radius 3 is 2.30 bits per heavy atom. The third-order valence-electron chi connectivity index (χ3n) is 2.48. The first-order chi connectivity index (χ1) is 9.03. The van der Waals surface area contributed by atoms with Gasteiger partial charge in [0.1, 0.15) is 11.6 Å². The Kier molecular flexibility index (Phi) is 4.94. The normalized spacial score (nSPS) is 13.8. The second kappa shape index (κ2) is 5.93. The van der Waals surface area contributed by atoms with Crippen molar-refractivity contribution in [2.45, 2.75) is 51.2 Å². The molecule has 0 amide bonds. The molecule has 0 heterocycles. The number of sulfonamides is 1. The fourth-order valence-corrected chi connectivity index (χ4v) is 3.03. The molecule has 0 saturated heterocycles. The van der Waals surface area contributed by atoms with Gasteiger partial charge in [0.15, 0.2) is 0 Å². The van der Waals surface area contributed by atoms with Crippen molar-refractivity contribution in [3.8, 4) is 0 Å². The first-order valence-electron chi connectivity index (χ1n) is 6.34. The number of carbonyl (C=O) groups is 1. The fraction of sp³-hybridized carbons (Fsp3) is 0.500. The summed E-state index contributed by atoms with van der Waals surface area (Å²) in [6.45, 7) is 8.35. The molecule has 1 aromatic rings. The highest BCUT2D eigenvalue weighted by Gasteiger charge is 2.26. The first kappa shape index (κ1) is 16.7. The lowest BCUT2D eigenvalue weighted by atomic mass is 10.2. The number of aryl methyl sites for hydroxylation is 1. The van der Waals surface area contributed by atoms with Gasteiger partial charge in [-0.3, -0.25) is 4.79 Å². The van der Waals surface area contributed by atoms with Gasteiger partial charge in [-0.15, -0.1) is 0 Å². The smallest absolute Gasteiger partial charge is 0.324 e. The maximum Gasteiger partial charge on any atom is 0.324 e. The first-order valence-corrected chi connectivity index (χ1v) is 7.82. The number of rotatable bonds is 4. The molecule has 1 rings (SSSR count). The standard InChI is InChI=1S/C14H21NO4S/c1-10-8-6-7-9-12(10)20(17,18)15-11(2)13(16)19-14(3,4)5/h6-9,11,15H,1-5H3/t11-/m1/s1. The monoisotopic (exact) mass is 299 g/mol. The van der Waals surface area contributed by atoms with Gasteiger partial charge in [0.05, 0.1) is 4.90 Å². The van der Waals surface area contributed by atoms with Crippen molar-refractivity contribution in [2.24, 2.45) is 0 Å². The van der Waals surface area contributed by atoms with E-state index >= 15 is 0 Å². The van der Waals surface area contributed by atoms with E-state index in [4.69, 9.17) is 4.74 Å². The van der Waals surface area contributed by atoms with Crippen molar-refractivity contribution in [2.75, 3.05) is 0 Å². The summed E-state index contributed by atoms with van der Waals surface area (Å²) in [6, 6.07) is 5.65. The number of nitrogens with one attached hydrogen (secondary N) is 1. The highest BCUT2D eigenvalue weighted by Crippen LogP contribution is 2.15. The Balaban J connectivity index is 2.87.